The third-order valence-corrected chi connectivity index (χ3v) is 5.56. The summed E-state index contributed by atoms with van der Waals surface area (Å²) in [7, 11) is -4.00. The quantitative estimate of drug-likeness (QED) is 0.787. The lowest BCUT2D eigenvalue weighted by atomic mass is 10.1. The number of primary sulfonamides is 1. The molecule has 0 unspecified atom stereocenters. The minimum atomic E-state index is -4.00. The molecule has 0 aromatic heterocycles. The van der Waals surface area contributed by atoms with Gasteiger partial charge in [-0.1, -0.05) is 11.6 Å². The van der Waals surface area contributed by atoms with Crippen LogP contribution in [0.4, 0.5) is 0 Å². The van der Waals surface area contributed by atoms with Gasteiger partial charge >= 0.3 is 5.97 Å². The van der Waals surface area contributed by atoms with E-state index in [1.807, 2.05) is 0 Å². The van der Waals surface area contributed by atoms with Gasteiger partial charge in [-0.3, -0.25) is 0 Å². The highest BCUT2D eigenvalue weighted by atomic mass is 79.9. The second kappa shape index (κ2) is 6.62. The summed E-state index contributed by atoms with van der Waals surface area (Å²) in [6.07, 6.45) is 0.974. The standard InChI is InChI=1S/C12H13BrClNO5S/c13-11-9(14)5-7(6-10(11)21(15,17)18)12(16)20-8-1-3-19-4-2-8/h5-6,8H,1-4H2,(H2,15,17,18). The lowest BCUT2D eigenvalue weighted by Crippen LogP contribution is -2.26. The minimum absolute atomic E-state index is 0.0405. The molecular formula is C12H13BrClNO5S. The first kappa shape index (κ1) is 16.7. The van der Waals surface area contributed by atoms with Crippen molar-refractivity contribution in [2.45, 2.75) is 23.8 Å². The van der Waals surface area contributed by atoms with E-state index in [4.69, 9.17) is 26.2 Å². The van der Waals surface area contributed by atoms with Gasteiger partial charge in [-0.15, -0.1) is 0 Å². The molecule has 0 aliphatic carbocycles. The Morgan fingerprint density at radius 1 is 1.38 bits per heavy atom. The number of hydrogen-bond donors (Lipinski definition) is 1. The number of esters is 1. The molecule has 1 aromatic rings. The first-order valence-corrected chi connectivity index (χ1v) is 8.81. The van der Waals surface area contributed by atoms with Gasteiger partial charge in [-0.25, -0.2) is 18.4 Å². The summed E-state index contributed by atoms with van der Waals surface area (Å²) < 4.78 is 33.6. The van der Waals surface area contributed by atoms with Crippen LogP contribution in [0.2, 0.25) is 5.02 Å². The van der Waals surface area contributed by atoms with Gasteiger partial charge in [0.05, 0.1) is 33.2 Å². The predicted molar refractivity (Wildman–Crippen MR) is 79.8 cm³/mol. The average Bonchev–Trinajstić information content (AvgIpc) is 2.41. The van der Waals surface area contributed by atoms with Gasteiger partial charge in [0.1, 0.15) is 6.10 Å². The van der Waals surface area contributed by atoms with Crippen LogP contribution in [0.5, 0.6) is 0 Å². The van der Waals surface area contributed by atoms with Crippen LogP contribution in [0.15, 0.2) is 21.5 Å². The summed E-state index contributed by atoms with van der Waals surface area (Å²) in [5.41, 5.74) is 0.0405. The van der Waals surface area contributed by atoms with Crippen LogP contribution in [0, 0.1) is 0 Å². The van der Waals surface area contributed by atoms with Gasteiger partial charge < -0.3 is 9.47 Å². The minimum Gasteiger partial charge on any atom is -0.459 e. The van der Waals surface area contributed by atoms with E-state index in [1.165, 1.54) is 6.07 Å². The Bertz CT molecular complexity index is 658. The van der Waals surface area contributed by atoms with Crippen LogP contribution in [-0.4, -0.2) is 33.7 Å². The van der Waals surface area contributed by atoms with Crippen molar-refractivity contribution in [1.29, 1.82) is 0 Å². The fraction of sp³-hybridized carbons (Fsp3) is 0.417. The third-order valence-electron chi connectivity index (χ3n) is 2.98. The van der Waals surface area contributed by atoms with E-state index in [0.29, 0.717) is 26.1 Å². The molecule has 6 nitrogen and oxygen atoms in total. The van der Waals surface area contributed by atoms with Crippen LogP contribution < -0.4 is 5.14 Å². The molecule has 1 fully saturated rings. The van der Waals surface area contributed by atoms with E-state index in [2.05, 4.69) is 15.9 Å². The first-order valence-electron chi connectivity index (χ1n) is 6.09. The highest BCUT2D eigenvalue weighted by Gasteiger charge is 2.23. The van der Waals surface area contributed by atoms with E-state index in [1.54, 1.807) is 0 Å². The van der Waals surface area contributed by atoms with Gasteiger partial charge in [-0.05, 0) is 28.1 Å². The zero-order valence-corrected chi connectivity index (χ0v) is 14.0. The van der Waals surface area contributed by atoms with E-state index in [-0.39, 0.29) is 26.1 Å². The summed E-state index contributed by atoms with van der Waals surface area (Å²) in [5, 5.41) is 5.16. The van der Waals surface area contributed by atoms with Gasteiger partial charge in [-0.2, -0.15) is 0 Å². The van der Waals surface area contributed by atoms with E-state index < -0.39 is 16.0 Å². The van der Waals surface area contributed by atoms with E-state index >= 15 is 0 Å². The van der Waals surface area contributed by atoms with Crippen LogP contribution in [0.1, 0.15) is 23.2 Å². The van der Waals surface area contributed by atoms with Crippen molar-refractivity contribution in [2.24, 2.45) is 5.14 Å². The number of hydrogen-bond acceptors (Lipinski definition) is 5. The Kier molecular flexibility index (Phi) is 5.26. The molecule has 1 heterocycles. The van der Waals surface area contributed by atoms with Crippen LogP contribution in [0.25, 0.3) is 0 Å². The van der Waals surface area contributed by atoms with E-state index in [9.17, 15) is 13.2 Å². The van der Waals surface area contributed by atoms with Crippen molar-refractivity contribution >= 4 is 43.5 Å². The molecule has 1 saturated heterocycles. The summed E-state index contributed by atoms with van der Waals surface area (Å²) >= 11 is 8.96. The molecule has 1 aliphatic heterocycles. The van der Waals surface area contributed by atoms with Crippen molar-refractivity contribution in [1.82, 2.24) is 0 Å². The Labute approximate surface area is 135 Å². The Balaban J connectivity index is 2.27. The number of nitrogens with two attached hydrogens (primary N) is 1. The summed E-state index contributed by atoms with van der Waals surface area (Å²) in [6, 6.07) is 2.48. The molecule has 21 heavy (non-hydrogen) atoms. The maximum absolute atomic E-state index is 12.1. The molecule has 0 bridgehead atoms. The second-order valence-electron chi connectivity index (χ2n) is 4.53. The van der Waals surface area contributed by atoms with Gasteiger partial charge in [0.15, 0.2) is 0 Å². The van der Waals surface area contributed by atoms with Gasteiger partial charge in [0, 0.05) is 12.8 Å². The number of sulfonamides is 1. The normalized spacial score (nSPS) is 16.7. The molecule has 2 N–H and O–H groups in total. The molecule has 9 heteroatoms. The zero-order valence-electron chi connectivity index (χ0n) is 10.8. The number of rotatable bonds is 3. The molecule has 116 valence electrons. The maximum Gasteiger partial charge on any atom is 0.338 e. The molecule has 2 rings (SSSR count). The Hall–Kier alpha value is -0.670. The lowest BCUT2D eigenvalue weighted by molar-refractivity contribution is -0.0159. The van der Waals surface area contributed by atoms with Crippen molar-refractivity contribution < 1.29 is 22.7 Å². The zero-order chi connectivity index (χ0) is 15.6. The predicted octanol–water partition coefficient (Wildman–Crippen LogP) is 2.09. The Morgan fingerprint density at radius 2 is 2.00 bits per heavy atom. The summed E-state index contributed by atoms with van der Waals surface area (Å²) in [4.78, 5) is 11.8. The average molecular weight is 399 g/mol. The molecule has 1 aromatic carbocycles. The smallest absolute Gasteiger partial charge is 0.338 e. The lowest BCUT2D eigenvalue weighted by Gasteiger charge is -2.22. The van der Waals surface area contributed by atoms with Gasteiger partial charge in [0.2, 0.25) is 10.0 Å². The van der Waals surface area contributed by atoms with Crippen molar-refractivity contribution in [2.75, 3.05) is 13.2 Å². The first-order chi connectivity index (χ1) is 9.79. The largest absolute Gasteiger partial charge is 0.459 e. The summed E-state index contributed by atoms with van der Waals surface area (Å²) in [6.45, 7) is 1.06. The van der Waals surface area contributed by atoms with Crippen molar-refractivity contribution in [3.63, 3.8) is 0 Å². The number of carbonyl (C=O) groups is 1. The number of benzene rings is 1. The second-order valence-corrected chi connectivity index (χ2v) is 7.26. The van der Waals surface area contributed by atoms with Crippen LogP contribution in [0.3, 0.4) is 0 Å². The van der Waals surface area contributed by atoms with Crippen molar-refractivity contribution in [3.05, 3.63) is 27.2 Å². The third kappa shape index (κ3) is 4.17. The highest BCUT2D eigenvalue weighted by Crippen LogP contribution is 2.31. The molecule has 0 amide bonds. The molecule has 0 radical (unpaired) electrons. The van der Waals surface area contributed by atoms with Crippen LogP contribution in [-0.2, 0) is 19.5 Å². The topological polar surface area (TPSA) is 95.7 Å². The summed E-state index contributed by atoms with van der Waals surface area (Å²) in [5.74, 6) is -0.638. The molecule has 0 saturated carbocycles. The molecule has 0 atom stereocenters. The SMILES string of the molecule is NS(=O)(=O)c1cc(C(=O)OC2CCOCC2)cc(Cl)c1Br. The van der Waals surface area contributed by atoms with Crippen LogP contribution >= 0.6 is 27.5 Å². The van der Waals surface area contributed by atoms with Crippen molar-refractivity contribution in [3.8, 4) is 0 Å². The molecule has 1 aliphatic rings. The fourth-order valence-corrected chi connectivity index (χ4v) is 3.73. The fourth-order valence-electron chi connectivity index (χ4n) is 1.90. The molecular weight excluding hydrogens is 386 g/mol. The van der Waals surface area contributed by atoms with Gasteiger partial charge in [0.25, 0.3) is 0 Å². The number of carbonyl (C=O) groups excluding carboxylic acids is 1. The highest BCUT2D eigenvalue weighted by molar-refractivity contribution is 9.10. The maximum atomic E-state index is 12.1. The number of ether oxygens (including phenoxy) is 2. The number of halogens is 2. The monoisotopic (exact) mass is 397 g/mol. The Morgan fingerprint density at radius 3 is 2.57 bits per heavy atom. The molecule has 0 spiro atoms. The van der Waals surface area contributed by atoms with E-state index in [0.717, 1.165) is 6.07 Å².